The molecule has 0 spiro atoms. The third-order valence-electron chi connectivity index (χ3n) is 3.59. The number of morpholine rings is 1. The molecular formula is C16H24N2O3. The highest BCUT2D eigenvalue weighted by atomic mass is 16.5. The van der Waals surface area contributed by atoms with Gasteiger partial charge in [-0.25, -0.2) is 0 Å². The van der Waals surface area contributed by atoms with Gasteiger partial charge in [-0.2, -0.15) is 0 Å². The van der Waals surface area contributed by atoms with E-state index in [1.807, 2.05) is 31.2 Å². The molecule has 1 atom stereocenters. The number of benzene rings is 1. The van der Waals surface area contributed by atoms with Gasteiger partial charge < -0.3 is 14.8 Å². The van der Waals surface area contributed by atoms with E-state index in [-0.39, 0.29) is 12.0 Å². The van der Waals surface area contributed by atoms with Crippen LogP contribution < -0.4 is 5.32 Å². The van der Waals surface area contributed by atoms with E-state index in [9.17, 15) is 4.79 Å². The lowest BCUT2D eigenvalue weighted by Gasteiger charge is -2.30. The number of carbonyl (C=O) groups is 1. The second kappa shape index (κ2) is 8.12. The van der Waals surface area contributed by atoms with Crippen LogP contribution in [0.1, 0.15) is 18.1 Å². The third-order valence-corrected chi connectivity index (χ3v) is 3.59. The van der Waals surface area contributed by atoms with Crippen LogP contribution in [0.25, 0.3) is 0 Å². The molecule has 0 radical (unpaired) electrons. The topological polar surface area (TPSA) is 50.8 Å². The molecule has 1 fully saturated rings. The van der Waals surface area contributed by atoms with E-state index in [1.54, 1.807) is 7.11 Å². The number of hydrogen-bond acceptors (Lipinski definition) is 4. The first-order valence-corrected chi connectivity index (χ1v) is 7.35. The van der Waals surface area contributed by atoms with E-state index in [1.165, 1.54) is 0 Å². The first kappa shape index (κ1) is 15.9. The zero-order valence-electron chi connectivity index (χ0n) is 12.8. The van der Waals surface area contributed by atoms with Gasteiger partial charge in [-0.05, 0) is 18.1 Å². The number of methoxy groups -OCH3 is 1. The van der Waals surface area contributed by atoms with E-state index in [0.717, 1.165) is 24.2 Å². The molecule has 0 aliphatic carbocycles. The summed E-state index contributed by atoms with van der Waals surface area (Å²) in [4.78, 5) is 14.2. The van der Waals surface area contributed by atoms with Crippen LogP contribution in [0.15, 0.2) is 24.3 Å². The van der Waals surface area contributed by atoms with Crippen molar-refractivity contribution in [1.82, 2.24) is 10.2 Å². The fourth-order valence-electron chi connectivity index (χ4n) is 2.51. The highest BCUT2D eigenvalue weighted by Crippen LogP contribution is 2.09. The fraction of sp³-hybridized carbons (Fsp3) is 0.562. The Morgan fingerprint density at radius 2 is 2.19 bits per heavy atom. The monoisotopic (exact) mass is 292 g/mol. The summed E-state index contributed by atoms with van der Waals surface area (Å²) in [7, 11) is 1.68. The molecule has 1 N–H and O–H groups in total. The maximum Gasteiger partial charge on any atom is 0.234 e. The molecule has 1 heterocycles. The molecule has 116 valence electrons. The highest BCUT2D eigenvalue weighted by Gasteiger charge is 2.18. The van der Waals surface area contributed by atoms with E-state index in [2.05, 4.69) is 10.2 Å². The fourth-order valence-corrected chi connectivity index (χ4v) is 2.51. The number of rotatable bonds is 6. The Kier molecular flexibility index (Phi) is 6.17. The summed E-state index contributed by atoms with van der Waals surface area (Å²) < 4.78 is 10.6. The SMILES string of the molecule is COCc1ccccc1CNC(=O)CN1CCOC(C)C1. The highest BCUT2D eigenvalue weighted by molar-refractivity contribution is 5.78. The van der Waals surface area contributed by atoms with Crippen LogP contribution in [0.5, 0.6) is 0 Å². The summed E-state index contributed by atoms with van der Waals surface area (Å²) in [6.07, 6.45) is 0.203. The molecule has 5 heteroatoms. The lowest BCUT2D eigenvalue weighted by atomic mass is 10.1. The second-order valence-electron chi connectivity index (χ2n) is 5.39. The van der Waals surface area contributed by atoms with Gasteiger partial charge in [0.1, 0.15) is 0 Å². The average molecular weight is 292 g/mol. The third kappa shape index (κ3) is 5.12. The average Bonchev–Trinajstić information content (AvgIpc) is 2.47. The molecule has 2 rings (SSSR count). The Balaban J connectivity index is 1.81. The largest absolute Gasteiger partial charge is 0.380 e. The van der Waals surface area contributed by atoms with Crippen LogP contribution in [0.2, 0.25) is 0 Å². The van der Waals surface area contributed by atoms with Gasteiger partial charge in [-0.1, -0.05) is 24.3 Å². The number of nitrogens with zero attached hydrogens (tertiary/aromatic N) is 1. The van der Waals surface area contributed by atoms with Crippen LogP contribution >= 0.6 is 0 Å². The molecule has 21 heavy (non-hydrogen) atoms. The molecule has 0 saturated carbocycles. The normalized spacial score (nSPS) is 19.4. The molecule has 1 saturated heterocycles. The summed E-state index contributed by atoms with van der Waals surface area (Å²) in [5, 5.41) is 2.98. The minimum atomic E-state index is 0.0521. The molecule has 1 aromatic carbocycles. The summed E-state index contributed by atoms with van der Waals surface area (Å²) >= 11 is 0. The van der Waals surface area contributed by atoms with Gasteiger partial charge in [-0.3, -0.25) is 9.69 Å². The maximum atomic E-state index is 12.0. The number of hydrogen-bond donors (Lipinski definition) is 1. The Hall–Kier alpha value is -1.43. The van der Waals surface area contributed by atoms with Gasteiger partial charge in [0, 0.05) is 26.7 Å². The molecule has 5 nitrogen and oxygen atoms in total. The van der Waals surface area contributed by atoms with Crippen LogP contribution in [0, 0.1) is 0 Å². The summed E-state index contributed by atoms with van der Waals surface area (Å²) in [6, 6.07) is 8.00. The summed E-state index contributed by atoms with van der Waals surface area (Å²) in [6.45, 7) is 5.90. The van der Waals surface area contributed by atoms with Crippen molar-refractivity contribution in [2.45, 2.75) is 26.2 Å². The first-order chi connectivity index (χ1) is 10.2. The van der Waals surface area contributed by atoms with Crippen molar-refractivity contribution in [3.8, 4) is 0 Å². The van der Waals surface area contributed by atoms with Gasteiger partial charge in [-0.15, -0.1) is 0 Å². The molecule has 0 bridgehead atoms. The lowest BCUT2D eigenvalue weighted by Crippen LogP contribution is -2.45. The first-order valence-electron chi connectivity index (χ1n) is 7.35. The molecule has 1 unspecified atom stereocenters. The van der Waals surface area contributed by atoms with Gasteiger partial charge in [0.25, 0.3) is 0 Å². The van der Waals surface area contributed by atoms with E-state index >= 15 is 0 Å². The lowest BCUT2D eigenvalue weighted by molar-refractivity contribution is -0.124. The summed E-state index contributed by atoms with van der Waals surface area (Å²) in [5.41, 5.74) is 2.21. The van der Waals surface area contributed by atoms with Crippen LogP contribution in [0.3, 0.4) is 0 Å². The van der Waals surface area contributed by atoms with E-state index < -0.39 is 0 Å². The molecule has 1 amide bonds. The van der Waals surface area contributed by atoms with Gasteiger partial charge in [0.15, 0.2) is 0 Å². The Morgan fingerprint density at radius 1 is 1.43 bits per heavy atom. The zero-order valence-corrected chi connectivity index (χ0v) is 12.8. The summed E-state index contributed by atoms with van der Waals surface area (Å²) in [5.74, 6) is 0.0521. The number of carbonyl (C=O) groups excluding carboxylic acids is 1. The van der Waals surface area contributed by atoms with Gasteiger partial charge in [0.05, 0.1) is 25.9 Å². The molecular weight excluding hydrogens is 268 g/mol. The van der Waals surface area contributed by atoms with E-state index in [4.69, 9.17) is 9.47 Å². The van der Waals surface area contributed by atoms with Crippen LogP contribution in [-0.2, 0) is 27.4 Å². The Morgan fingerprint density at radius 3 is 2.90 bits per heavy atom. The van der Waals surface area contributed by atoms with Crippen molar-refractivity contribution >= 4 is 5.91 Å². The quantitative estimate of drug-likeness (QED) is 0.855. The van der Waals surface area contributed by atoms with Crippen LogP contribution in [0.4, 0.5) is 0 Å². The number of ether oxygens (including phenoxy) is 2. The van der Waals surface area contributed by atoms with Crippen molar-refractivity contribution in [2.75, 3.05) is 33.4 Å². The standard InChI is InChI=1S/C16H24N2O3/c1-13-10-18(7-8-21-13)11-16(19)17-9-14-5-3-4-6-15(14)12-20-2/h3-6,13H,7-12H2,1-2H3,(H,17,19). The van der Waals surface area contributed by atoms with Crippen molar-refractivity contribution in [3.05, 3.63) is 35.4 Å². The smallest absolute Gasteiger partial charge is 0.234 e. The minimum Gasteiger partial charge on any atom is -0.380 e. The van der Waals surface area contributed by atoms with E-state index in [0.29, 0.717) is 26.3 Å². The van der Waals surface area contributed by atoms with Crippen molar-refractivity contribution in [2.24, 2.45) is 0 Å². The predicted octanol–water partition coefficient (Wildman–Crippen LogP) is 1.17. The van der Waals surface area contributed by atoms with Gasteiger partial charge >= 0.3 is 0 Å². The molecule has 0 aromatic heterocycles. The van der Waals surface area contributed by atoms with Crippen molar-refractivity contribution in [3.63, 3.8) is 0 Å². The Bertz CT molecular complexity index is 465. The molecule has 1 aliphatic rings. The minimum absolute atomic E-state index is 0.0521. The van der Waals surface area contributed by atoms with Gasteiger partial charge in [0.2, 0.25) is 5.91 Å². The number of nitrogens with one attached hydrogen (secondary N) is 1. The van der Waals surface area contributed by atoms with Crippen molar-refractivity contribution in [1.29, 1.82) is 0 Å². The maximum absolute atomic E-state index is 12.0. The zero-order chi connectivity index (χ0) is 15.1. The Labute approximate surface area is 126 Å². The molecule has 1 aromatic rings. The molecule has 1 aliphatic heterocycles. The predicted molar refractivity (Wildman–Crippen MR) is 80.9 cm³/mol. The van der Waals surface area contributed by atoms with Crippen LogP contribution in [-0.4, -0.2) is 50.3 Å². The van der Waals surface area contributed by atoms with Crippen molar-refractivity contribution < 1.29 is 14.3 Å². The second-order valence-corrected chi connectivity index (χ2v) is 5.39. The number of amides is 1.